The maximum absolute atomic E-state index is 13.6. The molecule has 2 heterocycles. The lowest BCUT2D eigenvalue weighted by Gasteiger charge is -2.05. The summed E-state index contributed by atoms with van der Waals surface area (Å²) in [5.74, 6) is -0.232. The molecule has 0 spiro atoms. The van der Waals surface area contributed by atoms with Crippen LogP contribution in [0.5, 0.6) is 0 Å². The second-order valence-electron chi connectivity index (χ2n) is 4.34. The zero-order chi connectivity index (χ0) is 11.7. The molecule has 88 valence electrons. The first-order chi connectivity index (χ1) is 8.34. The van der Waals surface area contributed by atoms with Gasteiger partial charge in [-0.25, -0.2) is 4.39 Å². The van der Waals surface area contributed by atoms with E-state index in [0.717, 1.165) is 18.7 Å². The summed E-state index contributed by atoms with van der Waals surface area (Å²) in [6.45, 7) is 1.04. The Morgan fingerprint density at radius 2 is 2.18 bits per heavy atom. The molecule has 1 saturated heterocycles. The van der Waals surface area contributed by atoms with E-state index in [9.17, 15) is 4.39 Å². The SMILES string of the molecule is Fc1ccccc1-c1cc(C2CCCN2)[nH]n1. The molecular formula is C13H14FN3. The molecule has 0 amide bonds. The van der Waals surface area contributed by atoms with Gasteiger partial charge >= 0.3 is 0 Å². The van der Waals surface area contributed by atoms with Crippen LogP contribution in [0.15, 0.2) is 30.3 Å². The van der Waals surface area contributed by atoms with Crippen LogP contribution in [0.2, 0.25) is 0 Å². The van der Waals surface area contributed by atoms with Gasteiger partial charge in [0.2, 0.25) is 0 Å². The fourth-order valence-electron chi connectivity index (χ4n) is 2.27. The van der Waals surface area contributed by atoms with Crippen molar-refractivity contribution < 1.29 is 4.39 Å². The van der Waals surface area contributed by atoms with Gasteiger partial charge in [0.15, 0.2) is 0 Å². The van der Waals surface area contributed by atoms with Crippen molar-refractivity contribution in [3.63, 3.8) is 0 Å². The van der Waals surface area contributed by atoms with E-state index >= 15 is 0 Å². The monoisotopic (exact) mass is 231 g/mol. The molecule has 1 aliphatic rings. The van der Waals surface area contributed by atoms with Crippen LogP contribution in [0.1, 0.15) is 24.6 Å². The van der Waals surface area contributed by atoms with Gasteiger partial charge in [-0.05, 0) is 37.6 Å². The summed E-state index contributed by atoms with van der Waals surface area (Å²) in [6.07, 6.45) is 2.29. The average Bonchev–Trinajstić information content (AvgIpc) is 3.00. The third-order valence-electron chi connectivity index (χ3n) is 3.18. The van der Waals surface area contributed by atoms with E-state index in [1.165, 1.54) is 12.5 Å². The molecule has 0 saturated carbocycles. The summed E-state index contributed by atoms with van der Waals surface area (Å²) >= 11 is 0. The number of nitrogens with zero attached hydrogens (tertiary/aromatic N) is 1. The van der Waals surface area contributed by atoms with Gasteiger partial charge < -0.3 is 5.32 Å². The first-order valence-electron chi connectivity index (χ1n) is 5.88. The molecule has 4 heteroatoms. The van der Waals surface area contributed by atoms with E-state index in [1.807, 2.05) is 12.1 Å². The van der Waals surface area contributed by atoms with Crippen molar-refractivity contribution >= 4 is 0 Å². The van der Waals surface area contributed by atoms with Crippen LogP contribution in [0.3, 0.4) is 0 Å². The number of H-pyrrole nitrogens is 1. The predicted octanol–water partition coefficient (Wildman–Crippen LogP) is 2.64. The van der Waals surface area contributed by atoms with Crippen LogP contribution in [0, 0.1) is 5.82 Å². The van der Waals surface area contributed by atoms with Crippen LogP contribution in [0.25, 0.3) is 11.3 Å². The molecule has 0 bridgehead atoms. The summed E-state index contributed by atoms with van der Waals surface area (Å²) in [7, 11) is 0. The van der Waals surface area contributed by atoms with Gasteiger partial charge in [-0.1, -0.05) is 12.1 Å². The van der Waals surface area contributed by atoms with E-state index in [4.69, 9.17) is 0 Å². The predicted molar refractivity (Wildman–Crippen MR) is 64.0 cm³/mol. The third kappa shape index (κ3) is 1.96. The van der Waals surface area contributed by atoms with Crippen molar-refractivity contribution in [1.29, 1.82) is 0 Å². The Bertz CT molecular complexity index is 515. The lowest BCUT2D eigenvalue weighted by Crippen LogP contribution is -2.12. The summed E-state index contributed by atoms with van der Waals surface area (Å²) < 4.78 is 13.6. The number of aromatic amines is 1. The van der Waals surface area contributed by atoms with Crippen LogP contribution >= 0.6 is 0 Å². The number of rotatable bonds is 2. The van der Waals surface area contributed by atoms with Gasteiger partial charge in [0.1, 0.15) is 5.82 Å². The highest BCUT2D eigenvalue weighted by Gasteiger charge is 2.19. The molecule has 2 N–H and O–H groups in total. The Balaban J connectivity index is 1.92. The molecule has 1 aromatic heterocycles. The Labute approximate surface area is 99.1 Å². The zero-order valence-corrected chi connectivity index (χ0v) is 9.41. The zero-order valence-electron chi connectivity index (χ0n) is 9.41. The van der Waals surface area contributed by atoms with Crippen LogP contribution < -0.4 is 5.32 Å². The second-order valence-corrected chi connectivity index (χ2v) is 4.34. The maximum atomic E-state index is 13.6. The normalized spacial score (nSPS) is 19.7. The Morgan fingerprint density at radius 1 is 1.29 bits per heavy atom. The van der Waals surface area contributed by atoms with E-state index in [2.05, 4.69) is 15.5 Å². The first-order valence-corrected chi connectivity index (χ1v) is 5.88. The lowest BCUT2D eigenvalue weighted by molar-refractivity contribution is 0.625. The van der Waals surface area contributed by atoms with E-state index < -0.39 is 0 Å². The largest absolute Gasteiger partial charge is 0.309 e. The molecule has 1 unspecified atom stereocenters. The van der Waals surface area contributed by atoms with Crippen LogP contribution in [-0.4, -0.2) is 16.7 Å². The van der Waals surface area contributed by atoms with Crippen molar-refractivity contribution in [2.75, 3.05) is 6.54 Å². The van der Waals surface area contributed by atoms with Gasteiger partial charge in [0.25, 0.3) is 0 Å². The number of hydrogen-bond acceptors (Lipinski definition) is 2. The number of nitrogens with one attached hydrogen (secondary N) is 2. The second kappa shape index (κ2) is 4.30. The fourth-order valence-corrected chi connectivity index (χ4v) is 2.27. The molecule has 0 radical (unpaired) electrons. The van der Waals surface area contributed by atoms with Crippen LogP contribution in [-0.2, 0) is 0 Å². The molecule has 1 aliphatic heterocycles. The Hall–Kier alpha value is -1.68. The molecule has 3 nitrogen and oxygen atoms in total. The molecule has 1 fully saturated rings. The highest BCUT2D eigenvalue weighted by molar-refractivity contribution is 5.60. The van der Waals surface area contributed by atoms with Crippen molar-refractivity contribution in [3.05, 3.63) is 41.8 Å². The Morgan fingerprint density at radius 3 is 2.94 bits per heavy atom. The van der Waals surface area contributed by atoms with Crippen molar-refractivity contribution in [2.45, 2.75) is 18.9 Å². The summed E-state index contributed by atoms with van der Waals surface area (Å²) in [4.78, 5) is 0. The molecule has 2 aromatic rings. The quantitative estimate of drug-likeness (QED) is 0.834. The van der Waals surface area contributed by atoms with Crippen LogP contribution in [0.4, 0.5) is 4.39 Å². The molecule has 17 heavy (non-hydrogen) atoms. The number of aromatic nitrogens is 2. The smallest absolute Gasteiger partial charge is 0.132 e. The molecule has 3 rings (SSSR count). The summed E-state index contributed by atoms with van der Waals surface area (Å²) in [5, 5.41) is 10.6. The van der Waals surface area contributed by atoms with Gasteiger partial charge in [0, 0.05) is 11.6 Å². The summed E-state index contributed by atoms with van der Waals surface area (Å²) in [6, 6.07) is 8.98. The van der Waals surface area contributed by atoms with Gasteiger partial charge in [-0.15, -0.1) is 0 Å². The topological polar surface area (TPSA) is 40.7 Å². The van der Waals surface area contributed by atoms with Gasteiger partial charge in [0.05, 0.1) is 11.4 Å². The number of halogens is 1. The maximum Gasteiger partial charge on any atom is 0.132 e. The third-order valence-corrected chi connectivity index (χ3v) is 3.18. The Kier molecular flexibility index (Phi) is 2.65. The van der Waals surface area contributed by atoms with Gasteiger partial charge in [-0.2, -0.15) is 5.10 Å². The lowest BCUT2D eigenvalue weighted by atomic mass is 10.1. The molecule has 0 aliphatic carbocycles. The minimum Gasteiger partial charge on any atom is -0.309 e. The van der Waals surface area contributed by atoms with E-state index in [1.54, 1.807) is 12.1 Å². The van der Waals surface area contributed by atoms with Crippen molar-refractivity contribution in [3.8, 4) is 11.3 Å². The highest BCUT2D eigenvalue weighted by atomic mass is 19.1. The fraction of sp³-hybridized carbons (Fsp3) is 0.308. The first kappa shape index (κ1) is 10.5. The van der Waals surface area contributed by atoms with Gasteiger partial charge in [-0.3, -0.25) is 5.10 Å². The van der Waals surface area contributed by atoms with E-state index in [0.29, 0.717) is 17.3 Å². The average molecular weight is 231 g/mol. The number of benzene rings is 1. The minimum absolute atomic E-state index is 0.232. The van der Waals surface area contributed by atoms with E-state index in [-0.39, 0.29) is 5.82 Å². The highest BCUT2D eigenvalue weighted by Crippen LogP contribution is 2.26. The summed E-state index contributed by atoms with van der Waals surface area (Å²) in [5.41, 5.74) is 2.26. The minimum atomic E-state index is -0.232. The van der Waals surface area contributed by atoms with Crippen molar-refractivity contribution in [1.82, 2.24) is 15.5 Å². The molecule has 1 aromatic carbocycles. The van der Waals surface area contributed by atoms with Crippen molar-refractivity contribution in [2.24, 2.45) is 0 Å². The number of hydrogen-bond donors (Lipinski definition) is 2. The molecule has 1 atom stereocenters. The molecular weight excluding hydrogens is 217 g/mol. The standard InChI is InChI=1S/C13H14FN3/c14-10-5-2-1-4-9(10)12-8-13(17-16-12)11-6-3-7-15-11/h1-2,4-5,8,11,15H,3,6-7H2,(H,16,17).